The van der Waals surface area contributed by atoms with Crippen LogP contribution in [0.15, 0.2) is 72.8 Å². The van der Waals surface area contributed by atoms with Crippen LogP contribution in [0, 0.1) is 11.8 Å². The number of hydrogen-bond acceptors (Lipinski definition) is 2. The minimum Gasteiger partial charge on any atom is -0.488 e. The predicted molar refractivity (Wildman–Crippen MR) is 94.0 cm³/mol. The van der Waals surface area contributed by atoms with E-state index in [0.717, 1.165) is 33.8 Å². The minimum absolute atomic E-state index is 0.524. The van der Waals surface area contributed by atoms with Gasteiger partial charge in [-0.15, -0.1) is 0 Å². The normalized spacial score (nSPS) is 12.5. The molecule has 2 bridgehead atoms. The number of fused-ring (bicyclic) bond motifs is 4. The number of para-hydroxylation sites is 2. The Bertz CT molecular complexity index is 840. The molecule has 0 atom stereocenters. The number of benzene rings is 3. The van der Waals surface area contributed by atoms with Gasteiger partial charge in [0.05, 0.1) is 11.1 Å². The maximum absolute atomic E-state index is 5.97. The Morgan fingerprint density at radius 2 is 0.958 bits per heavy atom. The van der Waals surface area contributed by atoms with E-state index < -0.39 is 0 Å². The molecule has 2 aliphatic rings. The Kier molecular flexibility index (Phi) is 3.91. The van der Waals surface area contributed by atoms with Crippen LogP contribution in [0.25, 0.3) is 0 Å². The molecule has 2 aliphatic heterocycles. The first-order valence-electron chi connectivity index (χ1n) is 7.92. The molecule has 0 fully saturated rings. The Balaban J connectivity index is 1.81. The zero-order valence-corrected chi connectivity index (χ0v) is 13.2. The largest absolute Gasteiger partial charge is 0.488 e. The minimum atomic E-state index is 0.524. The van der Waals surface area contributed by atoms with E-state index in [-0.39, 0.29) is 0 Å². The molecule has 0 radical (unpaired) electrons. The number of ether oxygens (including phenoxy) is 2. The van der Waals surface area contributed by atoms with Crippen molar-refractivity contribution in [1.29, 1.82) is 0 Å². The van der Waals surface area contributed by atoms with E-state index >= 15 is 0 Å². The van der Waals surface area contributed by atoms with Gasteiger partial charge in [0.1, 0.15) is 24.7 Å². The highest BCUT2D eigenvalue weighted by atomic mass is 16.5. The van der Waals surface area contributed by atoms with Crippen LogP contribution < -0.4 is 9.47 Å². The zero-order chi connectivity index (χ0) is 16.2. The first kappa shape index (κ1) is 14.4. The number of hydrogen-bond donors (Lipinski definition) is 0. The molecule has 0 amide bonds. The fourth-order valence-electron chi connectivity index (χ4n) is 2.58. The SMILES string of the molecule is C1#Cc2ccccc2OCc2ccc(cc2)COc2ccccc21. The van der Waals surface area contributed by atoms with Crippen LogP contribution >= 0.6 is 0 Å². The van der Waals surface area contributed by atoms with Crippen molar-refractivity contribution in [3.63, 3.8) is 0 Å². The molecule has 0 aliphatic carbocycles. The summed E-state index contributed by atoms with van der Waals surface area (Å²) in [5.74, 6) is 8.01. The summed E-state index contributed by atoms with van der Waals surface area (Å²) in [7, 11) is 0. The van der Waals surface area contributed by atoms with Crippen LogP contribution in [0.3, 0.4) is 0 Å². The lowest BCUT2D eigenvalue weighted by molar-refractivity contribution is 0.301. The summed E-state index contributed by atoms with van der Waals surface area (Å²) in [6, 6.07) is 24.0. The highest BCUT2D eigenvalue weighted by molar-refractivity contribution is 5.53. The third-order valence-corrected chi connectivity index (χ3v) is 3.92. The zero-order valence-electron chi connectivity index (χ0n) is 13.2. The van der Waals surface area contributed by atoms with Crippen molar-refractivity contribution < 1.29 is 9.47 Å². The third-order valence-electron chi connectivity index (χ3n) is 3.92. The van der Waals surface area contributed by atoms with Crippen LogP contribution in [0.2, 0.25) is 0 Å². The molecule has 2 nitrogen and oxygen atoms in total. The first-order chi connectivity index (χ1) is 11.9. The van der Waals surface area contributed by atoms with Crippen LogP contribution in [0.1, 0.15) is 22.3 Å². The molecule has 5 rings (SSSR count). The third kappa shape index (κ3) is 3.11. The van der Waals surface area contributed by atoms with Crippen molar-refractivity contribution in [1.82, 2.24) is 0 Å². The van der Waals surface area contributed by atoms with E-state index in [2.05, 4.69) is 36.1 Å². The molecule has 2 heterocycles. The van der Waals surface area contributed by atoms with E-state index in [9.17, 15) is 0 Å². The summed E-state index contributed by atoms with van der Waals surface area (Å²) in [5.41, 5.74) is 4.00. The molecule has 0 spiro atoms. The Labute approximate surface area is 141 Å². The van der Waals surface area contributed by atoms with Crippen LogP contribution in [-0.2, 0) is 13.2 Å². The van der Waals surface area contributed by atoms with Crippen molar-refractivity contribution in [3.05, 3.63) is 95.1 Å². The van der Waals surface area contributed by atoms with Crippen molar-refractivity contribution >= 4 is 0 Å². The van der Waals surface area contributed by atoms with E-state index in [1.54, 1.807) is 0 Å². The van der Waals surface area contributed by atoms with Crippen molar-refractivity contribution in [3.8, 4) is 23.3 Å². The van der Waals surface area contributed by atoms with Gasteiger partial charge in [-0.2, -0.15) is 0 Å². The average molecular weight is 312 g/mol. The van der Waals surface area contributed by atoms with Gasteiger partial charge in [0.15, 0.2) is 0 Å². The summed E-state index contributed by atoms with van der Waals surface area (Å²) in [6.45, 7) is 1.05. The quantitative estimate of drug-likeness (QED) is 0.567. The van der Waals surface area contributed by atoms with Gasteiger partial charge >= 0.3 is 0 Å². The Morgan fingerprint density at radius 1 is 0.542 bits per heavy atom. The summed E-state index contributed by atoms with van der Waals surface area (Å²) < 4.78 is 11.9. The lowest BCUT2D eigenvalue weighted by Gasteiger charge is -2.11. The Hall–Kier alpha value is -3.18. The highest BCUT2D eigenvalue weighted by Crippen LogP contribution is 2.22. The summed E-state index contributed by atoms with van der Waals surface area (Å²) >= 11 is 0. The lowest BCUT2D eigenvalue weighted by atomic mass is 10.1. The summed E-state index contributed by atoms with van der Waals surface area (Å²) in [6.07, 6.45) is 0. The number of rotatable bonds is 0. The van der Waals surface area contributed by atoms with Gasteiger partial charge in [-0.1, -0.05) is 60.4 Å². The second-order valence-corrected chi connectivity index (χ2v) is 5.64. The monoisotopic (exact) mass is 312 g/mol. The van der Waals surface area contributed by atoms with Gasteiger partial charge in [0, 0.05) is 0 Å². The van der Waals surface area contributed by atoms with Gasteiger partial charge in [-0.3, -0.25) is 0 Å². The van der Waals surface area contributed by atoms with Gasteiger partial charge in [-0.25, -0.2) is 0 Å². The molecule has 0 saturated heterocycles. The summed E-state index contributed by atoms with van der Waals surface area (Å²) in [5, 5.41) is 0. The molecule has 0 aromatic heterocycles. The molecule has 0 unspecified atom stereocenters. The van der Waals surface area contributed by atoms with Gasteiger partial charge in [0.25, 0.3) is 0 Å². The molecule has 0 N–H and O–H groups in total. The molecule has 24 heavy (non-hydrogen) atoms. The molecule has 3 aromatic rings. The predicted octanol–water partition coefficient (Wildman–Crippen LogP) is 4.56. The van der Waals surface area contributed by atoms with E-state index in [4.69, 9.17) is 9.47 Å². The van der Waals surface area contributed by atoms with Crippen molar-refractivity contribution in [2.45, 2.75) is 13.2 Å². The lowest BCUT2D eigenvalue weighted by Crippen LogP contribution is -2.00. The van der Waals surface area contributed by atoms with Crippen LogP contribution in [-0.4, -0.2) is 0 Å². The molecular formula is C22H16O2. The van der Waals surface area contributed by atoms with Crippen LogP contribution in [0.4, 0.5) is 0 Å². The topological polar surface area (TPSA) is 18.5 Å². The standard InChI is InChI=1S/C22H16O2/c1-3-7-21-19(5-1)13-14-20-6-2-4-8-22(20)24-16-18-11-9-17(10-12-18)15-23-21/h1-12H,15-16H2. The van der Waals surface area contributed by atoms with Gasteiger partial charge in [0.2, 0.25) is 0 Å². The average Bonchev–Trinajstić information content (AvgIpc) is 2.65. The first-order valence-corrected chi connectivity index (χ1v) is 7.92. The smallest absolute Gasteiger partial charge is 0.135 e. The van der Waals surface area contributed by atoms with Gasteiger partial charge in [-0.05, 0) is 35.4 Å². The summed E-state index contributed by atoms with van der Waals surface area (Å²) in [4.78, 5) is 0. The van der Waals surface area contributed by atoms with E-state index in [0.29, 0.717) is 13.2 Å². The van der Waals surface area contributed by atoms with E-state index in [1.165, 1.54) is 0 Å². The fourth-order valence-corrected chi connectivity index (χ4v) is 2.58. The fraction of sp³-hybridized carbons (Fsp3) is 0.0909. The van der Waals surface area contributed by atoms with Gasteiger partial charge < -0.3 is 9.47 Å². The highest BCUT2D eigenvalue weighted by Gasteiger charge is 2.05. The molecule has 0 saturated carbocycles. The second kappa shape index (κ2) is 6.52. The van der Waals surface area contributed by atoms with Crippen molar-refractivity contribution in [2.75, 3.05) is 0 Å². The molecule has 2 heteroatoms. The molecular weight excluding hydrogens is 296 g/mol. The molecule has 3 aromatic carbocycles. The Morgan fingerprint density at radius 3 is 1.42 bits per heavy atom. The van der Waals surface area contributed by atoms with E-state index in [1.807, 2.05) is 48.5 Å². The maximum atomic E-state index is 5.97. The molecule has 116 valence electrons. The second-order valence-electron chi connectivity index (χ2n) is 5.64. The maximum Gasteiger partial charge on any atom is 0.135 e. The van der Waals surface area contributed by atoms with Crippen LogP contribution in [0.5, 0.6) is 11.5 Å². The van der Waals surface area contributed by atoms with Crippen molar-refractivity contribution in [2.24, 2.45) is 0 Å².